The van der Waals surface area contributed by atoms with Crippen LogP contribution in [-0.2, 0) is 11.8 Å². The molecule has 0 radical (unpaired) electrons. The highest BCUT2D eigenvalue weighted by molar-refractivity contribution is 9.08. The van der Waals surface area contributed by atoms with Crippen molar-refractivity contribution in [1.82, 2.24) is 0 Å². The van der Waals surface area contributed by atoms with Crippen molar-refractivity contribution in [3.8, 4) is 0 Å². The number of benzene rings is 1. The lowest BCUT2D eigenvalue weighted by Gasteiger charge is -2.00. The topological polar surface area (TPSA) is 0 Å². The maximum Gasteiger partial charge on any atom is 0.127 e. The largest absolute Gasteiger partial charge is 0.207 e. The summed E-state index contributed by atoms with van der Waals surface area (Å²) in [6.07, 6.45) is 0.959. The van der Waals surface area contributed by atoms with Crippen LogP contribution in [0.25, 0.3) is 0 Å². The molecule has 0 aromatic heterocycles. The minimum atomic E-state index is -0.126. The first-order valence-corrected chi connectivity index (χ1v) is 4.73. The molecular formula is C9H10BrF. The maximum absolute atomic E-state index is 12.9. The third-order valence-corrected chi connectivity index (χ3v) is 2.27. The molecule has 11 heavy (non-hydrogen) atoms. The van der Waals surface area contributed by atoms with Crippen LogP contribution in [0.3, 0.4) is 0 Å². The summed E-state index contributed by atoms with van der Waals surface area (Å²) in [4.78, 5) is 0. The highest BCUT2D eigenvalue weighted by atomic mass is 79.9. The zero-order valence-corrected chi connectivity index (χ0v) is 7.99. The average molecular weight is 217 g/mol. The van der Waals surface area contributed by atoms with E-state index in [1.807, 2.05) is 12.1 Å². The lowest BCUT2D eigenvalue weighted by molar-refractivity contribution is 0.617. The molecule has 2 heteroatoms. The van der Waals surface area contributed by atoms with Crippen molar-refractivity contribution in [3.05, 3.63) is 35.1 Å². The molecule has 0 fully saturated rings. The summed E-state index contributed by atoms with van der Waals surface area (Å²) in [5.41, 5.74) is 1.92. The molecule has 1 aromatic carbocycles. The molecule has 0 bridgehead atoms. The molecule has 0 N–H and O–H groups in total. The molecule has 0 saturated heterocycles. The third-order valence-electron chi connectivity index (χ3n) is 1.66. The third kappa shape index (κ3) is 2.03. The Morgan fingerprint density at radius 3 is 2.73 bits per heavy atom. The molecule has 0 aliphatic heterocycles. The van der Waals surface area contributed by atoms with Crippen LogP contribution in [0.1, 0.15) is 18.1 Å². The fraction of sp³-hybridized carbons (Fsp3) is 0.333. The number of alkyl halides is 1. The van der Waals surface area contributed by atoms with Crippen molar-refractivity contribution >= 4 is 15.9 Å². The number of rotatable bonds is 2. The Morgan fingerprint density at radius 2 is 2.18 bits per heavy atom. The number of hydrogen-bond acceptors (Lipinski definition) is 0. The predicted octanol–water partition coefficient (Wildman–Crippen LogP) is 3.28. The SMILES string of the molecule is CCc1ccc(F)c(CBr)c1. The molecule has 0 aliphatic carbocycles. The molecule has 0 heterocycles. The fourth-order valence-corrected chi connectivity index (χ4v) is 1.38. The Hall–Kier alpha value is -0.370. The Morgan fingerprint density at radius 1 is 1.45 bits per heavy atom. The van der Waals surface area contributed by atoms with Crippen LogP contribution in [0.2, 0.25) is 0 Å². The highest BCUT2D eigenvalue weighted by Crippen LogP contribution is 2.13. The summed E-state index contributed by atoms with van der Waals surface area (Å²) in [6, 6.07) is 5.24. The van der Waals surface area contributed by atoms with Gasteiger partial charge in [0.15, 0.2) is 0 Å². The van der Waals surface area contributed by atoms with Crippen LogP contribution >= 0.6 is 15.9 Å². The van der Waals surface area contributed by atoms with Crippen molar-refractivity contribution in [2.75, 3.05) is 0 Å². The van der Waals surface area contributed by atoms with Gasteiger partial charge in [0.25, 0.3) is 0 Å². The van der Waals surface area contributed by atoms with Gasteiger partial charge in [-0.2, -0.15) is 0 Å². The van der Waals surface area contributed by atoms with Crippen LogP contribution in [0.4, 0.5) is 4.39 Å². The van der Waals surface area contributed by atoms with Gasteiger partial charge in [-0.1, -0.05) is 35.0 Å². The highest BCUT2D eigenvalue weighted by Gasteiger charge is 1.99. The summed E-state index contributed by atoms with van der Waals surface area (Å²) in [5.74, 6) is -0.126. The van der Waals surface area contributed by atoms with Gasteiger partial charge in [0.1, 0.15) is 5.82 Å². The van der Waals surface area contributed by atoms with Crippen molar-refractivity contribution in [2.24, 2.45) is 0 Å². The van der Waals surface area contributed by atoms with Crippen LogP contribution in [-0.4, -0.2) is 0 Å². The van der Waals surface area contributed by atoms with Crippen molar-refractivity contribution in [1.29, 1.82) is 0 Å². The second kappa shape index (κ2) is 3.86. The van der Waals surface area contributed by atoms with Gasteiger partial charge < -0.3 is 0 Å². The van der Waals surface area contributed by atoms with E-state index in [1.54, 1.807) is 0 Å². The molecule has 0 unspecified atom stereocenters. The number of hydrogen-bond donors (Lipinski definition) is 0. The van der Waals surface area contributed by atoms with Crippen LogP contribution < -0.4 is 0 Å². The lowest BCUT2D eigenvalue weighted by atomic mass is 10.1. The van der Waals surface area contributed by atoms with E-state index in [-0.39, 0.29) is 5.82 Å². The fourth-order valence-electron chi connectivity index (χ4n) is 0.950. The van der Waals surface area contributed by atoms with Crippen LogP contribution in [0.5, 0.6) is 0 Å². The summed E-state index contributed by atoms with van der Waals surface area (Å²) >= 11 is 3.23. The van der Waals surface area contributed by atoms with E-state index in [2.05, 4.69) is 22.9 Å². The zero-order chi connectivity index (χ0) is 8.27. The van der Waals surface area contributed by atoms with E-state index in [0.29, 0.717) is 5.33 Å². The van der Waals surface area contributed by atoms with Gasteiger partial charge in [0.2, 0.25) is 0 Å². The predicted molar refractivity (Wildman–Crippen MR) is 48.4 cm³/mol. The maximum atomic E-state index is 12.9. The molecule has 0 saturated carbocycles. The average Bonchev–Trinajstić information content (AvgIpc) is 2.05. The molecule has 0 aliphatic rings. The van der Waals surface area contributed by atoms with Gasteiger partial charge in [-0.15, -0.1) is 0 Å². The van der Waals surface area contributed by atoms with E-state index in [0.717, 1.165) is 12.0 Å². The van der Waals surface area contributed by atoms with Crippen molar-refractivity contribution in [3.63, 3.8) is 0 Å². The van der Waals surface area contributed by atoms with E-state index in [4.69, 9.17) is 0 Å². The Kier molecular flexibility index (Phi) is 3.06. The van der Waals surface area contributed by atoms with Gasteiger partial charge in [0.05, 0.1) is 0 Å². The van der Waals surface area contributed by atoms with E-state index < -0.39 is 0 Å². The molecule has 0 nitrogen and oxygen atoms in total. The summed E-state index contributed by atoms with van der Waals surface area (Å²) in [6.45, 7) is 2.06. The van der Waals surface area contributed by atoms with Crippen molar-refractivity contribution < 1.29 is 4.39 Å². The smallest absolute Gasteiger partial charge is 0.127 e. The van der Waals surface area contributed by atoms with E-state index >= 15 is 0 Å². The quantitative estimate of drug-likeness (QED) is 0.667. The molecule has 60 valence electrons. The lowest BCUT2D eigenvalue weighted by Crippen LogP contribution is -1.88. The molecule has 1 rings (SSSR count). The van der Waals surface area contributed by atoms with Gasteiger partial charge in [-0.3, -0.25) is 0 Å². The van der Waals surface area contributed by atoms with E-state index in [1.165, 1.54) is 11.6 Å². The summed E-state index contributed by atoms with van der Waals surface area (Å²) < 4.78 is 12.9. The minimum absolute atomic E-state index is 0.126. The molecule has 0 spiro atoms. The van der Waals surface area contributed by atoms with Crippen LogP contribution in [0.15, 0.2) is 18.2 Å². The molecule has 0 atom stereocenters. The first-order chi connectivity index (χ1) is 5.27. The Bertz CT molecular complexity index is 245. The van der Waals surface area contributed by atoms with Gasteiger partial charge in [0, 0.05) is 5.33 Å². The van der Waals surface area contributed by atoms with E-state index in [9.17, 15) is 4.39 Å². The first-order valence-electron chi connectivity index (χ1n) is 3.61. The number of aryl methyl sites for hydroxylation is 1. The summed E-state index contributed by atoms with van der Waals surface area (Å²) in [5, 5.41) is 0.590. The normalized spacial score (nSPS) is 10.1. The minimum Gasteiger partial charge on any atom is -0.207 e. The molecular weight excluding hydrogens is 207 g/mol. The Balaban J connectivity index is 3.02. The number of halogens is 2. The van der Waals surface area contributed by atoms with Gasteiger partial charge >= 0.3 is 0 Å². The molecule has 0 amide bonds. The molecule has 1 aromatic rings. The van der Waals surface area contributed by atoms with Gasteiger partial charge in [-0.05, 0) is 23.6 Å². The summed E-state index contributed by atoms with van der Waals surface area (Å²) in [7, 11) is 0. The first kappa shape index (κ1) is 8.72. The Labute approximate surface area is 74.6 Å². The zero-order valence-electron chi connectivity index (χ0n) is 6.40. The van der Waals surface area contributed by atoms with Crippen LogP contribution in [0, 0.1) is 5.82 Å². The van der Waals surface area contributed by atoms with Crippen molar-refractivity contribution in [2.45, 2.75) is 18.7 Å². The second-order valence-corrected chi connectivity index (χ2v) is 2.97. The standard InChI is InChI=1S/C9H10BrF/c1-2-7-3-4-9(11)8(5-7)6-10/h3-5H,2,6H2,1H3. The monoisotopic (exact) mass is 216 g/mol. The van der Waals surface area contributed by atoms with Gasteiger partial charge in [-0.25, -0.2) is 4.39 Å². The second-order valence-electron chi connectivity index (χ2n) is 2.41.